The Morgan fingerprint density at radius 2 is 1.69 bits per heavy atom. The predicted molar refractivity (Wildman–Crippen MR) is 140 cm³/mol. The molecule has 0 spiro atoms. The molecule has 0 saturated heterocycles. The molecule has 7 heteroatoms. The first kappa shape index (κ1) is 26.8. The molecule has 0 aliphatic rings. The van der Waals surface area contributed by atoms with Crippen LogP contribution < -0.4 is 14.8 Å². The molecule has 0 bridgehead atoms. The first-order valence-corrected chi connectivity index (χ1v) is 11.8. The fourth-order valence-electron chi connectivity index (χ4n) is 3.15. The van der Waals surface area contributed by atoms with Crippen LogP contribution in [0.15, 0.2) is 59.1 Å². The summed E-state index contributed by atoms with van der Waals surface area (Å²) in [6.45, 7) is 6.61. The molecule has 0 amide bonds. The lowest BCUT2D eigenvalue weighted by Gasteiger charge is -2.16. The maximum atomic E-state index is 6.25. The average Bonchev–Trinajstić information content (AvgIpc) is 2.73. The van der Waals surface area contributed by atoms with Gasteiger partial charge in [0, 0.05) is 16.6 Å². The number of halogens is 4. The summed E-state index contributed by atoms with van der Waals surface area (Å²) < 4.78 is 12.8. The van der Waals surface area contributed by atoms with E-state index in [9.17, 15) is 0 Å². The Morgan fingerprint density at radius 3 is 2.38 bits per heavy atom. The number of nitrogens with one attached hydrogen (secondary N) is 1. The van der Waals surface area contributed by atoms with Crippen molar-refractivity contribution in [2.45, 2.75) is 33.4 Å². The van der Waals surface area contributed by atoms with Crippen LogP contribution in [0.1, 0.15) is 29.2 Å². The number of rotatable bonds is 10. The molecule has 3 rings (SSSR count). The van der Waals surface area contributed by atoms with E-state index in [1.807, 2.05) is 25.1 Å². The lowest BCUT2D eigenvalue weighted by Crippen LogP contribution is -2.17. The zero-order chi connectivity index (χ0) is 22.2. The topological polar surface area (TPSA) is 30.5 Å². The molecule has 3 nitrogen and oxygen atoms in total. The Bertz CT molecular complexity index is 1010. The van der Waals surface area contributed by atoms with Crippen LogP contribution in [0.5, 0.6) is 11.5 Å². The summed E-state index contributed by atoms with van der Waals surface area (Å²) in [6, 6.07) is 18.0. The SMILES string of the molecule is CCOc1cc(CNCCc2ccc(Cl)cc2Cl)cc(Br)c1OCc1ccc(C)cc1.Cl. The van der Waals surface area contributed by atoms with E-state index in [1.165, 1.54) is 5.56 Å². The van der Waals surface area contributed by atoms with E-state index in [2.05, 4.69) is 58.5 Å². The van der Waals surface area contributed by atoms with Crippen molar-refractivity contribution in [3.05, 3.63) is 91.4 Å². The van der Waals surface area contributed by atoms with Crippen molar-refractivity contribution >= 4 is 51.5 Å². The number of hydrogen-bond acceptors (Lipinski definition) is 3. The van der Waals surface area contributed by atoms with Gasteiger partial charge in [0.15, 0.2) is 11.5 Å². The third-order valence-electron chi connectivity index (χ3n) is 4.79. The van der Waals surface area contributed by atoms with Crippen LogP contribution >= 0.6 is 51.5 Å². The zero-order valence-electron chi connectivity index (χ0n) is 18.1. The Kier molecular flexibility index (Phi) is 11.2. The van der Waals surface area contributed by atoms with Crippen molar-refractivity contribution in [3.63, 3.8) is 0 Å². The number of aryl methyl sites for hydroxylation is 1. The van der Waals surface area contributed by atoms with Gasteiger partial charge in [0.2, 0.25) is 0 Å². The molecule has 0 fully saturated rings. The second kappa shape index (κ2) is 13.3. The highest BCUT2D eigenvalue weighted by Crippen LogP contribution is 2.37. The van der Waals surface area contributed by atoms with Crippen molar-refractivity contribution < 1.29 is 9.47 Å². The molecule has 3 aromatic rings. The van der Waals surface area contributed by atoms with Gasteiger partial charge < -0.3 is 14.8 Å². The van der Waals surface area contributed by atoms with Gasteiger partial charge in [-0.1, -0.05) is 59.1 Å². The second-order valence-corrected chi connectivity index (χ2v) is 8.97. The highest BCUT2D eigenvalue weighted by Gasteiger charge is 2.13. The highest BCUT2D eigenvalue weighted by atomic mass is 79.9. The fraction of sp³-hybridized carbons (Fsp3) is 0.280. The summed E-state index contributed by atoms with van der Waals surface area (Å²) >= 11 is 15.9. The van der Waals surface area contributed by atoms with Gasteiger partial charge in [-0.25, -0.2) is 0 Å². The molecule has 0 saturated carbocycles. The second-order valence-electron chi connectivity index (χ2n) is 7.27. The van der Waals surface area contributed by atoms with Gasteiger partial charge in [-0.2, -0.15) is 0 Å². The number of ether oxygens (including phenoxy) is 2. The standard InChI is InChI=1S/C25H26BrCl2NO2.ClH/c1-3-30-24-13-19(15-29-11-10-20-8-9-21(27)14-23(20)28)12-22(26)25(24)31-16-18-6-4-17(2)5-7-18;/h4-9,12-14,29H,3,10-11,15-16H2,1-2H3;1H. The van der Waals surface area contributed by atoms with Crippen molar-refractivity contribution in [2.75, 3.05) is 13.2 Å². The normalized spacial score (nSPS) is 10.5. The van der Waals surface area contributed by atoms with Gasteiger partial charge in [0.05, 0.1) is 11.1 Å². The fourth-order valence-corrected chi connectivity index (χ4v) is 4.25. The summed E-state index contributed by atoms with van der Waals surface area (Å²) in [7, 11) is 0. The van der Waals surface area contributed by atoms with Gasteiger partial charge in [0.25, 0.3) is 0 Å². The Balaban J connectivity index is 0.00000363. The lowest BCUT2D eigenvalue weighted by atomic mass is 10.1. The van der Waals surface area contributed by atoms with Gasteiger partial charge in [-0.3, -0.25) is 0 Å². The van der Waals surface area contributed by atoms with E-state index in [1.54, 1.807) is 6.07 Å². The van der Waals surface area contributed by atoms with E-state index in [0.717, 1.165) is 45.6 Å². The molecule has 172 valence electrons. The minimum Gasteiger partial charge on any atom is -0.490 e. The molecule has 0 unspecified atom stereocenters. The smallest absolute Gasteiger partial charge is 0.175 e. The number of hydrogen-bond donors (Lipinski definition) is 1. The Morgan fingerprint density at radius 1 is 0.938 bits per heavy atom. The average molecular weight is 560 g/mol. The van der Waals surface area contributed by atoms with Crippen LogP contribution in [0.2, 0.25) is 10.0 Å². The van der Waals surface area contributed by atoms with Gasteiger partial charge in [-0.05, 0) is 83.7 Å². The minimum absolute atomic E-state index is 0. The van der Waals surface area contributed by atoms with E-state index in [-0.39, 0.29) is 12.4 Å². The van der Waals surface area contributed by atoms with Crippen molar-refractivity contribution in [1.29, 1.82) is 0 Å². The zero-order valence-corrected chi connectivity index (χ0v) is 22.0. The predicted octanol–water partition coefficient (Wildman–Crippen LogP) is 7.80. The largest absolute Gasteiger partial charge is 0.490 e. The van der Waals surface area contributed by atoms with Crippen molar-refractivity contribution in [3.8, 4) is 11.5 Å². The van der Waals surface area contributed by atoms with Crippen LogP contribution in [0.3, 0.4) is 0 Å². The van der Waals surface area contributed by atoms with E-state index >= 15 is 0 Å². The van der Waals surface area contributed by atoms with Gasteiger partial charge in [-0.15, -0.1) is 12.4 Å². The Labute approximate surface area is 215 Å². The molecule has 1 N–H and O–H groups in total. The molecule has 0 aliphatic heterocycles. The maximum Gasteiger partial charge on any atom is 0.175 e. The first-order valence-electron chi connectivity index (χ1n) is 10.2. The molecule has 0 radical (unpaired) electrons. The summed E-state index contributed by atoms with van der Waals surface area (Å²) in [4.78, 5) is 0. The van der Waals surface area contributed by atoms with Crippen molar-refractivity contribution in [1.82, 2.24) is 5.32 Å². The molecule has 0 heterocycles. The van der Waals surface area contributed by atoms with Gasteiger partial charge >= 0.3 is 0 Å². The van der Waals surface area contributed by atoms with Crippen LogP contribution in [-0.2, 0) is 19.6 Å². The molecule has 3 aromatic carbocycles. The number of benzene rings is 3. The summed E-state index contributed by atoms with van der Waals surface area (Å²) in [5, 5.41) is 4.81. The van der Waals surface area contributed by atoms with E-state index in [4.69, 9.17) is 32.7 Å². The van der Waals surface area contributed by atoms with Crippen LogP contribution in [-0.4, -0.2) is 13.2 Å². The van der Waals surface area contributed by atoms with Crippen molar-refractivity contribution in [2.24, 2.45) is 0 Å². The molecule has 0 atom stereocenters. The molecule has 0 aliphatic carbocycles. The quantitative estimate of drug-likeness (QED) is 0.257. The maximum absolute atomic E-state index is 6.25. The highest BCUT2D eigenvalue weighted by molar-refractivity contribution is 9.10. The summed E-state index contributed by atoms with van der Waals surface area (Å²) in [5.41, 5.74) is 4.54. The third kappa shape index (κ3) is 7.86. The summed E-state index contributed by atoms with van der Waals surface area (Å²) in [6.07, 6.45) is 0.827. The molecular formula is C25H27BrCl3NO2. The van der Waals surface area contributed by atoms with E-state index in [0.29, 0.717) is 29.8 Å². The summed E-state index contributed by atoms with van der Waals surface area (Å²) in [5.74, 6) is 1.46. The molecular weight excluding hydrogens is 533 g/mol. The minimum atomic E-state index is 0. The van der Waals surface area contributed by atoms with Gasteiger partial charge in [0.1, 0.15) is 6.61 Å². The molecule has 32 heavy (non-hydrogen) atoms. The van der Waals surface area contributed by atoms with Crippen LogP contribution in [0, 0.1) is 6.92 Å². The lowest BCUT2D eigenvalue weighted by molar-refractivity contribution is 0.267. The Hall–Kier alpha value is -1.43. The van der Waals surface area contributed by atoms with Crippen LogP contribution in [0.25, 0.3) is 0 Å². The van der Waals surface area contributed by atoms with E-state index < -0.39 is 0 Å². The monoisotopic (exact) mass is 557 g/mol. The molecule has 0 aromatic heterocycles. The first-order chi connectivity index (χ1) is 15.0. The van der Waals surface area contributed by atoms with Crippen LogP contribution in [0.4, 0.5) is 0 Å². The third-order valence-corrected chi connectivity index (χ3v) is 5.96.